The van der Waals surface area contributed by atoms with E-state index in [1.807, 2.05) is 24.3 Å². The number of carbonyl (C=O) groups is 2. The molecule has 0 radical (unpaired) electrons. The standard InChI is InChI=1S/C36H36Cl2N8O6/c1-36(49)18-45(19-36)16-28-43-33-27(50-2)13-21(15-46(33)44-28)32-31(38)24(11-12-39-32)23-5-4-6-25(30(23)37)26-9-7-20(34(42-26)51-3)17-52-35(48)40-14-22-8-10-29(47)41-22/h4-7,9,11-13,15,22,49H,8,10,14,16-19H2,1-3H3,(H,40,48)(H,41,47)/t22-/m0/s1. The minimum atomic E-state index is -0.692. The Labute approximate surface area is 309 Å². The first-order valence-electron chi connectivity index (χ1n) is 16.6. The zero-order valence-electron chi connectivity index (χ0n) is 28.7. The summed E-state index contributed by atoms with van der Waals surface area (Å²) in [6, 6.07) is 12.6. The summed E-state index contributed by atoms with van der Waals surface area (Å²) < 4.78 is 18.2. The van der Waals surface area contributed by atoms with Gasteiger partial charge in [-0.05, 0) is 37.6 Å². The number of hydrogen-bond donors (Lipinski definition) is 3. The molecule has 4 aromatic heterocycles. The molecule has 16 heteroatoms. The van der Waals surface area contributed by atoms with Crippen molar-refractivity contribution >= 4 is 40.8 Å². The fraction of sp³-hybridized carbons (Fsp3) is 0.333. The largest absolute Gasteiger partial charge is 0.493 e. The van der Waals surface area contributed by atoms with E-state index >= 15 is 0 Å². The van der Waals surface area contributed by atoms with Crippen LogP contribution in [0.15, 0.2) is 54.9 Å². The zero-order valence-corrected chi connectivity index (χ0v) is 30.2. The number of benzene rings is 1. The molecule has 2 aliphatic rings. The average Bonchev–Trinajstić information content (AvgIpc) is 3.74. The molecule has 2 fully saturated rings. The second-order valence-electron chi connectivity index (χ2n) is 13.0. The highest BCUT2D eigenvalue weighted by Crippen LogP contribution is 2.42. The number of alkyl carbamates (subject to hydrolysis) is 1. The van der Waals surface area contributed by atoms with Gasteiger partial charge in [0.15, 0.2) is 17.2 Å². The van der Waals surface area contributed by atoms with Gasteiger partial charge in [-0.2, -0.15) is 0 Å². The van der Waals surface area contributed by atoms with Gasteiger partial charge in [-0.1, -0.05) is 41.4 Å². The number of aliphatic hydroxyl groups is 1. The summed E-state index contributed by atoms with van der Waals surface area (Å²) in [6.07, 6.45) is 3.97. The minimum absolute atomic E-state index is 0.0249. The van der Waals surface area contributed by atoms with Crippen LogP contribution in [-0.2, 0) is 22.7 Å². The van der Waals surface area contributed by atoms with Crippen molar-refractivity contribution < 1.29 is 28.9 Å². The van der Waals surface area contributed by atoms with Crippen LogP contribution >= 0.6 is 23.2 Å². The number of rotatable bonds is 11. The Morgan fingerprint density at radius 3 is 2.60 bits per heavy atom. The van der Waals surface area contributed by atoms with Crippen molar-refractivity contribution in [1.82, 2.24) is 40.1 Å². The molecule has 6 heterocycles. The Morgan fingerprint density at radius 1 is 1.08 bits per heavy atom. The predicted octanol–water partition coefficient (Wildman–Crippen LogP) is 4.92. The fourth-order valence-electron chi connectivity index (χ4n) is 6.50. The SMILES string of the molecule is COc1nc(-c2cccc(-c3ccnc(-c4cc(OC)c5nc(CN6CC(C)(O)C6)nn5c4)c3Cl)c2Cl)ccc1COC(=O)NC[C@@H]1CCC(=O)N1. The zero-order chi connectivity index (χ0) is 36.6. The number of pyridine rings is 3. The summed E-state index contributed by atoms with van der Waals surface area (Å²) >= 11 is 14.1. The molecule has 0 unspecified atom stereocenters. The number of nitrogens with zero attached hydrogens (tertiary/aromatic N) is 6. The quantitative estimate of drug-likeness (QED) is 0.168. The van der Waals surface area contributed by atoms with Gasteiger partial charge < -0.3 is 30.0 Å². The summed E-state index contributed by atoms with van der Waals surface area (Å²) in [6.45, 7) is 3.62. The number of amides is 2. The van der Waals surface area contributed by atoms with Crippen LogP contribution in [0.2, 0.25) is 10.0 Å². The maximum absolute atomic E-state index is 12.3. The average molecular weight is 748 g/mol. The molecule has 1 atom stereocenters. The highest BCUT2D eigenvalue weighted by atomic mass is 35.5. The molecule has 0 aliphatic carbocycles. The summed E-state index contributed by atoms with van der Waals surface area (Å²) in [5.74, 6) is 1.36. The second-order valence-corrected chi connectivity index (χ2v) is 13.8. The van der Waals surface area contributed by atoms with Crippen molar-refractivity contribution in [2.75, 3.05) is 33.9 Å². The second kappa shape index (κ2) is 14.5. The van der Waals surface area contributed by atoms with Gasteiger partial charge in [-0.3, -0.25) is 14.7 Å². The lowest BCUT2D eigenvalue weighted by atomic mass is 9.97. The van der Waals surface area contributed by atoms with Crippen molar-refractivity contribution in [1.29, 1.82) is 0 Å². The van der Waals surface area contributed by atoms with Crippen molar-refractivity contribution in [2.45, 2.75) is 44.6 Å². The van der Waals surface area contributed by atoms with E-state index in [9.17, 15) is 14.7 Å². The first-order valence-corrected chi connectivity index (χ1v) is 17.3. The number of hydrogen-bond acceptors (Lipinski definition) is 11. The maximum atomic E-state index is 12.3. The normalized spacial score (nSPS) is 16.7. The van der Waals surface area contributed by atoms with E-state index in [0.29, 0.717) is 98.9 Å². The van der Waals surface area contributed by atoms with Crippen molar-refractivity contribution in [3.63, 3.8) is 0 Å². The molecule has 0 spiro atoms. The number of fused-ring (bicyclic) bond motifs is 1. The third kappa shape index (κ3) is 7.33. The number of aromatic nitrogens is 5. The summed E-state index contributed by atoms with van der Waals surface area (Å²) in [4.78, 5) is 39.7. The van der Waals surface area contributed by atoms with Crippen LogP contribution < -0.4 is 20.1 Å². The monoisotopic (exact) mass is 746 g/mol. The summed E-state index contributed by atoms with van der Waals surface area (Å²) in [7, 11) is 3.05. The van der Waals surface area contributed by atoms with E-state index in [0.717, 1.165) is 0 Å². The molecule has 5 aromatic rings. The van der Waals surface area contributed by atoms with E-state index in [-0.39, 0.29) is 31.0 Å². The van der Waals surface area contributed by atoms with E-state index in [1.165, 1.54) is 7.11 Å². The highest BCUT2D eigenvalue weighted by Gasteiger charge is 2.37. The third-order valence-corrected chi connectivity index (χ3v) is 9.74. The number of β-amino-alcohol motifs (C(OH)–C–C–N with tert-alkyl or cyclic N) is 1. The molecule has 0 bridgehead atoms. The Kier molecular flexibility index (Phi) is 9.90. The van der Waals surface area contributed by atoms with E-state index in [2.05, 4.69) is 35.6 Å². The first kappa shape index (κ1) is 35.4. The first-order chi connectivity index (χ1) is 25.0. The van der Waals surface area contributed by atoms with Gasteiger partial charge in [0.1, 0.15) is 6.61 Å². The molecule has 14 nitrogen and oxygen atoms in total. The smallest absolute Gasteiger partial charge is 0.407 e. The van der Waals surface area contributed by atoms with Crippen molar-refractivity contribution in [3.05, 3.63) is 76.3 Å². The molecular formula is C36H36Cl2N8O6. The van der Waals surface area contributed by atoms with E-state index < -0.39 is 11.7 Å². The number of halogens is 2. The molecule has 270 valence electrons. The van der Waals surface area contributed by atoms with Crippen LogP contribution in [0.25, 0.3) is 39.3 Å². The van der Waals surface area contributed by atoms with Crippen molar-refractivity contribution in [3.8, 4) is 45.3 Å². The molecule has 2 amide bonds. The van der Waals surface area contributed by atoms with Crippen LogP contribution in [0.5, 0.6) is 11.6 Å². The lowest BCUT2D eigenvalue weighted by Gasteiger charge is -2.43. The summed E-state index contributed by atoms with van der Waals surface area (Å²) in [5.41, 5.74) is 4.08. The van der Waals surface area contributed by atoms with Gasteiger partial charge in [-0.25, -0.2) is 19.3 Å². The van der Waals surface area contributed by atoms with Gasteiger partial charge in [0, 0.05) is 66.7 Å². The lowest BCUT2D eigenvalue weighted by Crippen LogP contribution is -2.59. The molecule has 2 saturated heterocycles. The van der Waals surface area contributed by atoms with Crippen LogP contribution in [0.4, 0.5) is 4.79 Å². The van der Waals surface area contributed by atoms with Gasteiger partial charge >= 0.3 is 6.09 Å². The molecule has 2 aliphatic heterocycles. The van der Waals surface area contributed by atoms with Crippen LogP contribution in [0, 0.1) is 0 Å². The minimum Gasteiger partial charge on any atom is -0.493 e. The topological polar surface area (TPSA) is 165 Å². The van der Waals surface area contributed by atoms with Gasteiger partial charge in [-0.15, -0.1) is 5.10 Å². The number of likely N-dealkylation sites (tertiary alicyclic amines) is 1. The Hall–Kier alpha value is -5.02. The number of carbonyl (C=O) groups excluding carboxylic acids is 2. The number of nitrogens with one attached hydrogen (secondary N) is 2. The third-order valence-electron chi connectivity index (χ3n) is 8.95. The van der Waals surface area contributed by atoms with Crippen LogP contribution in [0.3, 0.4) is 0 Å². The lowest BCUT2D eigenvalue weighted by molar-refractivity contribution is -0.119. The number of methoxy groups -OCH3 is 2. The Balaban J connectivity index is 1.11. The van der Waals surface area contributed by atoms with Crippen molar-refractivity contribution in [2.24, 2.45) is 0 Å². The Bertz CT molecular complexity index is 2170. The number of ether oxygens (including phenoxy) is 3. The molecule has 0 saturated carbocycles. The van der Waals surface area contributed by atoms with Crippen LogP contribution in [-0.4, -0.2) is 92.1 Å². The molecule has 7 rings (SSSR count). The van der Waals surface area contributed by atoms with Gasteiger partial charge in [0.25, 0.3) is 0 Å². The van der Waals surface area contributed by atoms with E-state index in [1.54, 1.807) is 49.1 Å². The Morgan fingerprint density at radius 2 is 1.87 bits per heavy atom. The molecular weight excluding hydrogens is 711 g/mol. The molecule has 1 aromatic carbocycles. The van der Waals surface area contributed by atoms with Gasteiger partial charge in [0.2, 0.25) is 11.8 Å². The molecule has 3 N–H and O–H groups in total. The molecule has 52 heavy (non-hydrogen) atoms. The van der Waals surface area contributed by atoms with E-state index in [4.69, 9.17) is 37.4 Å². The maximum Gasteiger partial charge on any atom is 0.407 e. The predicted molar refractivity (Wildman–Crippen MR) is 193 cm³/mol. The highest BCUT2D eigenvalue weighted by molar-refractivity contribution is 6.39. The van der Waals surface area contributed by atoms with Gasteiger partial charge in [0.05, 0.1) is 53.4 Å². The fourth-order valence-corrected chi connectivity index (χ4v) is 7.15. The summed E-state index contributed by atoms with van der Waals surface area (Å²) in [5, 5.41) is 21.0. The van der Waals surface area contributed by atoms with Crippen LogP contribution in [0.1, 0.15) is 31.2 Å².